The molecule has 0 aliphatic carbocycles. The minimum atomic E-state index is -0.547. The van der Waals surface area contributed by atoms with Gasteiger partial charge in [-0.2, -0.15) is 5.26 Å². The number of furan rings is 1. The molecule has 1 heterocycles. The number of nitrogens with one attached hydrogen (secondary N) is 2. The van der Waals surface area contributed by atoms with E-state index in [1.54, 1.807) is 25.1 Å². The molecule has 0 aliphatic heterocycles. The number of hydrogen-bond acceptors (Lipinski definition) is 4. The van der Waals surface area contributed by atoms with Crippen LogP contribution >= 0.6 is 0 Å². The van der Waals surface area contributed by atoms with Gasteiger partial charge in [0.15, 0.2) is 5.76 Å². The van der Waals surface area contributed by atoms with Crippen LogP contribution in [0.4, 0.5) is 10.1 Å². The number of hydrogen-bond donors (Lipinski definition) is 2. The van der Waals surface area contributed by atoms with Gasteiger partial charge in [-0.25, -0.2) is 4.39 Å². The molecule has 2 aromatic rings. The number of benzene rings is 1. The lowest BCUT2D eigenvalue weighted by atomic mass is 10.2. The van der Waals surface area contributed by atoms with Crippen LogP contribution in [0, 0.1) is 24.1 Å². The first-order valence-corrected chi connectivity index (χ1v) is 6.88. The summed E-state index contributed by atoms with van der Waals surface area (Å²) < 4.78 is 18.5. The van der Waals surface area contributed by atoms with E-state index in [1.807, 2.05) is 6.07 Å². The van der Waals surface area contributed by atoms with Crippen molar-refractivity contribution in [1.29, 1.82) is 5.26 Å². The van der Waals surface area contributed by atoms with Crippen LogP contribution in [-0.2, 0) is 0 Å². The maximum atomic E-state index is 13.4. The van der Waals surface area contributed by atoms with Gasteiger partial charge >= 0.3 is 0 Å². The average molecular weight is 301 g/mol. The molecule has 0 radical (unpaired) electrons. The summed E-state index contributed by atoms with van der Waals surface area (Å²) in [7, 11) is 0. The van der Waals surface area contributed by atoms with Gasteiger partial charge < -0.3 is 15.1 Å². The molecule has 1 amide bonds. The zero-order valence-corrected chi connectivity index (χ0v) is 12.1. The number of aryl methyl sites for hydroxylation is 1. The molecule has 22 heavy (non-hydrogen) atoms. The minimum Gasteiger partial charge on any atom is -0.459 e. The van der Waals surface area contributed by atoms with Gasteiger partial charge in [0.2, 0.25) is 0 Å². The second kappa shape index (κ2) is 7.27. The third-order valence-corrected chi connectivity index (χ3v) is 3.15. The normalized spacial score (nSPS) is 10.0. The Morgan fingerprint density at radius 3 is 2.86 bits per heavy atom. The van der Waals surface area contributed by atoms with E-state index in [0.29, 0.717) is 31.0 Å². The van der Waals surface area contributed by atoms with Crippen molar-refractivity contribution in [3.8, 4) is 6.07 Å². The molecular weight excluding hydrogens is 285 g/mol. The summed E-state index contributed by atoms with van der Waals surface area (Å²) in [6.45, 7) is 2.76. The molecule has 5 nitrogen and oxygen atoms in total. The van der Waals surface area contributed by atoms with E-state index in [0.717, 1.165) is 5.56 Å². The molecule has 0 bridgehead atoms. The van der Waals surface area contributed by atoms with E-state index < -0.39 is 5.82 Å². The van der Waals surface area contributed by atoms with Gasteiger partial charge in [-0.15, -0.1) is 0 Å². The molecule has 0 saturated heterocycles. The van der Waals surface area contributed by atoms with Gasteiger partial charge in [0.05, 0.1) is 12.0 Å². The Labute approximate surface area is 127 Å². The Morgan fingerprint density at radius 2 is 2.18 bits per heavy atom. The molecule has 2 rings (SSSR count). The van der Waals surface area contributed by atoms with Crippen molar-refractivity contribution in [3.63, 3.8) is 0 Å². The first-order valence-electron chi connectivity index (χ1n) is 6.88. The number of anilines is 1. The Bertz CT molecular complexity index is 704. The van der Waals surface area contributed by atoms with E-state index in [4.69, 9.17) is 9.68 Å². The van der Waals surface area contributed by atoms with Crippen LogP contribution < -0.4 is 10.6 Å². The van der Waals surface area contributed by atoms with Crippen molar-refractivity contribution in [3.05, 3.63) is 53.2 Å². The summed E-state index contributed by atoms with van der Waals surface area (Å²) in [6, 6.07) is 7.99. The van der Waals surface area contributed by atoms with Crippen molar-refractivity contribution < 1.29 is 13.6 Å². The van der Waals surface area contributed by atoms with Crippen LogP contribution in [0.25, 0.3) is 0 Å². The van der Waals surface area contributed by atoms with Crippen LogP contribution in [0.5, 0.6) is 0 Å². The molecule has 0 unspecified atom stereocenters. The van der Waals surface area contributed by atoms with Gasteiger partial charge in [0.1, 0.15) is 17.4 Å². The summed E-state index contributed by atoms with van der Waals surface area (Å²) in [5, 5.41) is 14.6. The van der Waals surface area contributed by atoms with E-state index in [9.17, 15) is 9.18 Å². The predicted molar refractivity (Wildman–Crippen MR) is 80.0 cm³/mol. The lowest BCUT2D eigenvalue weighted by Crippen LogP contribution is -2.26. The van der Waals surface area contributed by atoms with Crippen LogP contribution in [0.3, 0.4) is 0 Å². The number of amides is 1. The maximum absolute atomic E-state index is 13.4. The average Bonchev–Trinajstić information content (AvgIpc) is 2.93. The second-order valence-corrected chi connectivity index (χ2v) is 4.74. The highest BCUT2D eigenvalue weighted by molar-refractivity contribution is 5.92. The number of nitriles is 1. The first-order chi connectivity index (χ1) is 10.6. The summed E-state index contributed by atoms with van der Waals surface area (Å²) in [5.74, 6) is -0.495. The van der Waals surface area contributed by atoms with Crippen molar-refractivity contribution in [2.24, 2.45) is 0 Å². The van der Waals surface area contributed by atoms with Crippen molar-refractivity contribution >= 4 is 11.6 Å². The van der Waals surface area contributed by atoms with E-state index >= 15 is 0 Å². The largest absolute Gasteiger partial charge is 0.459 e. The van der Waals surface area contributed by atoms with Crippen molar-refractivity contribution in [1.82, 2.24) is 5.32 Å². The Balaban J connectivity index is 1.77. The van der Waals surface area contributed by atoms with Crippen LogP contribution in [0.15, 0.2) is 34.9 Å². The summed E-state index contributed by atoms with van der Waals surface area (Å²) >= 11 is 0. The molecular formula is C16H16FN3O2. The SMILES string of the molecule is Cc1ccoc1C(=O)NCCCNc1cccc(F)c1C#N. The monoisotopic (exact) mass is 301 g/mol. The molecule has 6 heteroatoms. The number of nitrogens with zero attached hydrogens (tertiary/aromatic N) is 1. The zero-order valence-electron chi connectivity index (χ0n) is 12.1. The van der Waals surface area contributed by atoms with Crippen molar-refractivity contribution in [2.75, 3.05) is 18.4 Å². The highest BCUT2D eigenvalue weighted by Gasteiger charge is 2.11. The lowest BCUT2D eigenvalue weighted by Gasteiger charge is -2.09. The summed E-state index contributed by atoms with van der Waals surface area (Å²) in [6.07, 6.45) is 2.10. The number of carbonyl (C=O) groups excluding carboxylic acids is 1. The highest BCUT2D eigenvalue weighted by atomic mass is 19.1. The van der Waals surface area contributed by atoms with E-state index in [1.165, 1.54) is 12.3 Å². The molecule has 0 saturated carbocycles. The lowest BCUT2D eigenvalue weighted by molar-refractivity contribution is 0.0925. The van der Waals surface area contributed by atoms with Crippen LogP contribution in [0.2, 0.25) is 0 Å². The number of halogens is 1. The molecule has 1 aromatic heterocycles. The zero-order chi connectivity index (χ0) is 15.9. The van der Waals surface area contributed by atoms with Crippen LogP contribution in [0.1, 0.15) is 28.1 Å². The predicted octanol–water partition coefficient (Wildman–Crippen LogP) is 2.83. The number of carbonyl (C=O) groups is 1. The fourth-order valence-electron chi connectivity index (χ4n) is 1.98. The Morgan fingerprint density at radius 1 is 1.36 bits per heavy atom. The molecule has 2 N–H and O–H groups in total. The van der Waals surface area contributed by atoms with Gasteiger partial charge in [0.25, 0.3) is 5.91 Å². The molecule has 114 valence electrons. The Hall–Kier alpha value is -2.81. The molecule has 1 aromatic carbocycles. The second-order valence-electron chi connectivity index (χ2n) is 4.74. The van der Waals surface area contributed by atoms with Gasteiger partial charge in [0, 0.05) is 18.7 Å². The van der Waals surface area contributed by atoms with Gasteiger partial charge in [-0.05, 0) is 31.5 Å². The summed E-state index contributed by atoms with van der Waals surface area (Å²) in [4.78, 5) is 11.8. The fourth-order valence-corrected chi connectivity index (χ4v) is 1.98. The van der Waals surface area contributed by atoms with Crippen LogP contribution in [-0.4, -0.2) is 19.0 Å². The third kappa shape index (κ3) is 3.64. The van der Waals surface area contributed by atoms with E-state index in [2.05, 4.69) is 10.6 Å². The fraction of sp³-hybridized carbons (Fsp3) is 0.250. The van der Waals surface area contributed by atoms with Gasteiger partial charge in [-0.3, -0.25) is 4.79 Å². The maximum Gasteiger partial charge on any atom is 0.287 e. The first kappa shape index (κ1) is 15.6. The topological polar surface area (TPSA) is 78.1 Å². The summed E-state index contributed by atoms with van der Waals surface area (Å²) in [5.41, 5.74) is 1.24. The third-order valence-electron chi connectivity index (χ3n) is 3.15. The van der Waals surface area contributed by atoms with Gasteiger partial charge in [-0.1, -0.05) is 6.07 Å². The number of rotatable bonds is 6. The smallest absolute Gasteiger partial charge is 0.287 e. The molecule has 0 atom stereocenters. The van der Waals surface area contributed by atoms with E-state index in [-0.39, 0.29) is 11.5 Å². The molecule has 0 aliphatic rings. The quantitative estimate of drug-likeness (QED) is 0.804. The standard InChI is InChI=1S/C16H16FN3O2/c1-11-6-9-22-15(11)16(21)20-8-3-7-19-14-5-2-4-13(17)12(14)10-18/h2,4-6,9,19H,3,7-8H2,1H3,(H,20,21). The van der Waals surface area contributed by atoms with Crippen molar-refractivity contribution in [2.45, 2.75) is 13.3 Å². The molecule has 0 spiro atoms. The highest BCUT2D eigenvalue weighted by Crippen LogP contribution is 2.17. The molecule has 0 fully saturated rings. The minimum absolute atomic E-state index is 0.00209. The Kier molecular flexibility index (Phi) is 5.15.